The fourth-order valence-corrected chi connectivity index (χ4v) is 2.69. The molecular formula is C16H24F2N2O. The van der Waals surface area contributed by atoms with Crippen LogP contribution in [0, 0.1) is 17.0 Å². The predicted molar refractivity (Wildman–Crippen MR) is 81.5 cm³/mol. The average Bonchev–Trinajstić information content (AvgIpc) is 2.24. The molecule has 1 amide bonds. The highest BCUT2D eigenvalue weighted by Crippen LogP contribution is 2.27. The number of hydrogen-bond acceptors (Lipinski definition) is 2. The maximum absolute atomic E-state index is 13.7. The Balaban J connectivity index is 2.95. The summed E-state index contributed by atoms with van der Waals surface area (Å²) in [6.07, 6.45) is 0.741. The van der Waals surface area contributed by atoms with Crippen molar-refractivity contribution < 1.29 is 13.6 Å². The molecule has 0 aliphatic carbocycles. The zero-order chi connectivity index (χ0) is 16.4. The lowest BCUT2D eigenvalue weighted by molar-refractivity contribution is 0.0890. The minimum absolute atomic E-state index is 0.0222. The first-order chi connectivity index (χ1) is 9.45. The van der Waals surface area contributed by atoms with Crippen LogP contribution >= 0.6 is 0 Å². The molecule has 0 saturated heterocycles. The number of hydrogen-bond donors (Lipinski definition) is 2. The van der Waals surface area contributed by atoms with Crippen molar-refractivity contribution in [2.45, 2.75) is 46.6 Å². The van der Waals surface area contributed by atoms with E-state index in [0.29, 0.717) is 0 Å². The predicted octanol–water partition coefficient (Wildman–Crippen LogP) is 3.95. The lowest BCUT2D eigenvalue weighted by Gasteiger charge is -2.33. The molecule has 0 unspecified atom stereocenters. The van der Waals surface area contributed by atoms with Gasteiger partial charge >= 0.3 is 0 Å². The molecule has 0 heterocycles. The molecule has 0 atom stereocenters. The van der Waals surface area contributed by atoms with Crippen LogP contribution in [0.15, 0.2) is 12.1 Å². The van der Waals surface area contributed by atoms with Crippen molar-refractivity contribution in [2.24, 2.45) is 5.41 Å². The van der Waals surface area contributed by atoms with E-state index in [1.807, 2.05) is 13.8 Å². The van der Waals surface area contributed by atoms with Gasteiger partial charge in [-0.25, -0.2) is 8.78 Å². The number of halogens is 2. The molecule has 0 aliphatic heterocycles. The van der Waals surface area contributed by atoms with Gasteiger partial charge in [0.2, 0.25) is 0 Å². The van der Waals surface area contributed by atoms with Gasteiger partial charge in [-0.15, -0.1) is 0 Å². The van der Waals surface area contributed by atoms with Crippen molar-refractivity contribution >= 4 is 11.6 Å². The molecule has 1 aromatic carbocycles. The SMILES string of the molecule is CNc1c(F)cc(C(=O)NC(C)(C)CC(C)(C)C)cc1F. The summed E-state index contributed by atoms with van der Waals surface area (Å²) in [6, 6.07) is 2.08. The number of benzene rings is 1. The molecular weight excluding hydrogens is 274 g/mol. The smallest absolute Gasteiger partial charge is 0.251 e. The number of rotatable bonds is 4. The first kappa shape index (κ1) is 17.4. The molecule has 0 radical (unpaired) electrons. The lowest BCUT2D eigenvalue weighted by atomic mass is 9.81. The van der Waals surface area contributed by atoms with Gasteiger partial charge in [0.15, 0.2) is 0 Å². The van der Waals surface area contributed by atoms with E-state index in [-0.39, 0.29) is 16.7 Å². The van der Waals surface area contributed by atoms with E-state index >= 15 is 0 Å². The van der Waals surface area contributed by atoms with Gasteiger partial charge < -0.3 is 10.6 Å². The molecule has 0 bridgehead atoms. The molecule has 0 aliphatic rings. The third-order valence-electron chi connectivity index (χ3n) is 2.98. The van der Waals surface area contributed by atoms with Gasteiger partial charge in [-0.3, -0.25) is 4.79 Å². The molecule has 118 valence electrons. The largest absolute Gasteiger partial charge is 0.383 e. The summed E-state index contributed by atoms with van der Waals surface area (Å²) in [4.78, 5) is 12.2. The number of nitrogens with one attached hydrogen (secondary N) is 2. The van der Waals surface area contributed by atoms with Gasteiger partial charge in [0, 0.05) is 18.2 Å². The van der Waals surface area contributed by atoms with Crippen molar-refractivity contribution in [3.8, 4) is 0 Å². The van der Waals surface area contributed by atoms with Crippen LogP contribution in [0.2, 0.25) is 0 Å². The quantitative estimate of drug-likeness (QED) is 0.883. The topological polar surface area (TPSA) is 41.1 Å². The molecule has 1 rings (SSSR count). The van der Waals surface area contributed by atoms with Crippen molar-refractivity contribution in [2.75, 3.05) is 12.4 Å². The van der Waals surface area contributed by atoms with Crippen LogP contribution in [0.5, 0.6) is 0 Å². The van der Waals surface area contributed by atoms with Gasteiger partial charge in [-0.05, 0) is 37.8 Å². The Morgan fingerprint density at radius 2 is 1.57 bits per heavy atom. The van der Waals surface area contributed by atoms with Crippen LogP contribution in [0.4, 0.5) is 14.5 Å². The van der Waals surface area contributed by atoms with Gasteiger partial charge in [0.25, 0.3) is 5.91 Å². The van der Waals surface area contributed by atoms with E-state index in [1.54, 1.807) is 0 Å². The zero-order valence-corrected chi connectivity index (χ0v) is 13.5. The Morgan fingerprint density at radius 3 is 1.95 bits per heavy atom. The molecule has 2 N–H and O–H groups in total. The van der Waals surface area contributed by atoms with E-state index in [9.17, 15) is 13.6 Å². The minimum Gasteiger partial charge on any atom is -0.383 e. The number of carbonyl (C=O) groups excluding carboxylic acids is 1. The third kappa shape index (κ3) is 4.99. The summed E-state index contributed by atoms with van der Waals surface area (Å²) in [7, 11) is 1.42. The fraction of sp³-hybridized carbons (Fsp3) is 0.562. The standard InChI is InChI=1S/C16H24F2N2O/c1-15(2,3)9-16(4,5)20-14(21)10-7-11(17)13(19-6)12(18)8-10/h7-8,19H,9H2,1-6H3,(H,20,21). The van der Waals surface area contributed by atoms with Gasteiger partial charge in [-0.1, -0.05) is 20.8 Å². The van der Waals surface area contributed by atoms with Crippen LogP contribution in [0.3, 0.4) is 0 Å². The first-order valence-corrected chi connectivity index (χ1v) is 6.94. The normalized spacial score (nSPS) is 12.2. The van der Waals surface area contributed by atoms with Gasteiger partial charge in [-0.2, -0.15) is 0 Å². The van der Waals surface area contributed by atoms with Gasteiger partial charge in [0.1, 0.15) is 17.3 Å². The molecule has 3 nitrogen and oxygen atoms in total. The van der Waals surface area contributed by atoms with Crippen LogP contribution < -0.4 is 10.6 Å². The highest BCUT2D eigenvalue weighted by molar-refractivity contribution is 5.95. The Morgan fingerprint density at radius 1 is 1.10 bits per heavy atom. The third-order valence-corrected chi connectivity index (χ3v) is 2.98. The lowest BCUT2D eigenvalue weighted by Crippen LogP contribution is -2.45. The first-order valence-electron chi connectivity index (χ1n) is 6.94. The maximum Gasteiger partial charge on any atom is 0.251 e. The molecule has 21 heavy (non-hydrogen) atoms. The zero-order valence-electron chi connectivity index (χ0n) is 13.5. The van der Waals surface area contributed by atoms with E-state index < -0.39 is 23.1 Å². The monoisotopic (exact) mass is 298 g/mol. The van der Waals surface area contributed by atoms with Crippen LogP contribution in [0.25, 0.3) is 0 Å². The summed E-state index contributed by atoms with van der Waals surface area (Å²) in [5, 5.41) is 5.26. The van der Waals surface area contributed by atoms with E-state index in [1.165, 1.54) is 7.05 Å². The second-order valence-electron chi connectivity index (χ2n) is 7.14. The van der Waals surface area contributed by atoms with E-state index in [0.717, 1.165) is 18.6 Å². The summed E-state index contributed by atoms with van der Waals surface area (Å²) in [5.74, 6) is -2.04. The molecule has 0 spiro atoms. The second-order valence-corrected chi connectivity index (χ2v) is 7.14. The van der Waals surface area contributed by atoms with Crippen LogP contribution in [0.1, 0.15) is 51.4 Å². The molecule has 0 saturated carbocycles. The Kier molecular flexibility index (Phi) is 4.97. The minimum atomic E-state index is -0.781. The Bertz CT molecular complexity index is 511. The van der Waals surface area contributed by atoms with Gasteiger partial charge in [0.05, 0.1) is 0 Å². The molecule has 1 aromatic rings. The molecule has 0 aromatic heterocycles. The Labute approximate surface area is 125 Å². The second kappa shape index (κ2) is 6.00. The van der Waals surface area contributed by atoms with Crippen molar-refractivity contribution in [1.82, 2.24) is 5.32 Å². The van der Waals surface area contributed by atoms with Crippen molar-refractivity contribution in [1.29, 1.82) is 0 Å². The number of amides is 1. The van der Waals surface area contributed by atoms with E-state index in [2.05, 4.69) is 31.4 Å². The average molecular weight is 298 g/mol. The fourth-order valence-electron chi connectivity index (χ4n) is 2.69. The number of anilines is 1. The maximum atomic E-state index is 13.7. The summed E-state index contributed by atoms with van der Waals surface area (Å²) >= 11 is 0. The van der Waals surface area contributed by atoms with E-state index in [4.69, 9.17) is 0 Å². The van der Waals surface area contributed by atoms with Crippen molar-refractivity contribution in [3.05, 3.63) is 29.3 Å². The van der Waals surface area contributed by atoms with Crippen LogP contribution in [-0.4, -0.2) is 18.5 Å². The summed E-state index contributed by atoms with van der Waals surface area (Å²) in [6.45, 7) is 10.0. The molecule has 5 heteroatoms. The molecule has 0 fully saturated rings. The summed E-state index contributed by atoms with van der Waals surface area (Å²) in [5.41, 5.74) is -0.695. The van der Waals surface area contributed by atoms with Crippen molar-refractivity contribution in [3.63, 3.8) is 0 Å². The Hall–Kier alpha value is -1.65. The highest BCUT2D eigenvalue weighted by Gasteiger charge is 2.28. The number of carbonyl (C=O) groups is 1. The summed E-state index contributed by atoms with van der Waals surface area (Å²) < 4.78 is 27.4. The van der Waals surface area contributed by atoms with Crippen LogP contribution in [-0.2, 0) is 0 Å². The highest BCUT2D eigenvalue weighted by atomic mass is 19.1.